The van der Waals surface area contributed by atoms with E-state index in [1.807, 2.05) is 34.6 Å². The lowest BCUT2D eigenvalue weighted by molar-refractivity contribution is 0.0696. The predicted octanol–water partition coefficient (Wildman–Crippen LogP) is 2.88. The van der Waals surface area contributed by atoms with E-state index >= 15 is 0 Å². The molecule has 0 aliphatic heterocycles. The zero-order chi connectivity index (χ0) is 16.5. The summed E-state index contributed by atoms with van der Waals surface area (Å²) in [5, 5.41) is 8.95. The lowest BCUT2D eigenvalue weighted by atomic mass is 9.82. The molecular formula is C15H23NO4S. The Labute approximate surface area is 126 Å². The van der Waals surface area contributed by atoms with Crippen molar-refractivity contribution in [2.24, 2.45) is 5.41 Å². The van der Waals surface area contributed by atoms with Gasteiger partial charge in [0.25, 0.3) is 0 Å². The Bertz CT molecular complexity index is 627. The molecule has 0 radical (unpaired) electrons. The molecule has 0 heterocycles. The summed E-state index contributed by atoms with van der Waals surface area (Å²) in [5.74, 6) is -1.15. The average molecular weight is 313 g/mol. The molecule has 0 saturated carbocycles. The van der Waals surface area contributed by atoms with Crippen LogP contribution in [0, 0.1) is 5.41 Å². The van der Waals surface area contributed by atoms with Crippen molar-refractivity contribution in [3.8, 4) is 0 Å². The molecule has 0 bridgehead atoms. The number of sulfonamides is 1. The lowest BCUT2D eigenvalue weighted by Gasteiger charge is -2.33. The Morgan fingerprint density at radius 2 is 1.76 bits per heavy atom. The minimum Gasteiger partial charge on any atom is -0.478 e. The molecule has 0 aliphatic carbocycles. The Balaban J connectivity index is 3.07. The Morgan fingerprint density at radius 3 is 2.24 bits per heavy atom. The van der Waals surface area contributed by atoms with E-state index in [4.69, 9.17) is 5.11 Å². The van der Waals surface area contributed by atoms with Gasteiger partial charge in [0.05, 0.1) is 10.5 Å². The molecule has 0 fully saturated rings. The largest absolute Gasteiger partial charge is 0.478 e. The summed E-state index contributed by atoms with van der Waals surface area (Å²) in [4.78, 5) is 10.9. The number of carboxylic acid groups (broad SMARTS) is 1. The van der Waals surface area contributed by atoms with Crippen LogP contribution in [0.25, 0.3) is 0 Å². The first kappa shape index (κ1) is 17.7. The topological polar surface area (TPSA) is 83.5 Å². The molecular weight excluding hydrogens is 290 g/mol. The fourth-order valence-electron chi connectivity index (χ4n) is 2.58. The van der Waals surface area contributed by atoms with Crippen molar-refractivity contribution in [2.75, 3.05) is 0 Å². The van der Waals surface area contributed by atoms with Crippen molar-refractivity contribution in [3.05, 3.63) is 29.8 Å². The van der Waals surface area contributed by atoms with Crippen molar-refractivity contribution in [2.45, 2.75) is 51.5 Å². The van der Waals surface area contributed by atoms with Crippen LogP contribution in [0.3, 0.4) is 0 Å². The van der Waals surface area contributed by atoms with Crippen LogP contribution in [-0.2, 0) is 10.0 Å². The molecule has 0 spiro atoms. The van der Waals surface area contributed by atoms with Crippen LogP contribution in [0.4, 0.5) is 0 Å². The van der Waals surface area contributed by atoms with E-state index in [1.54, 1.807) is 0 Å². The van der Waals surface area contributed by atoms with Gasteiger partial charge >= 0.3 is 5.97 Å². The second-order valence-electron chi connectivity index (χ2n) is 7.06. The molecule has 21 heavy (non-hydrogen) atoms. The van der Waals surface area contributed by atoms with E-state index in [0.29, 0.717) is 6.42 Å². The molecule has 0 saturated heterocycles. The summed E-state index contributed by atoms with van der Waals surface area (Å²) >= 11 is 0. The Hall–Kier alpha value is -1.40. The summed E-state index contributed by atoms with van der Waals surface area (Å²) in [5.41, 5.74) is -0.711. The first-order chi connectivity index (χ1) is 9.32. The third-order valence-electron chi connectivity index (χ3n) is 2.77. The van der Waals surface area contributed by atoms with Crippen molar-refractivity contribution >= 4 is 16.0 Å². The van der Waals surface area contributed by atoms with Gasteiger partial charge in [0, 0.05) is 5.54 Å². The summed E-state index contributed by atoms with van der Waals surface area (Å²) < 4.78 is 27.5. The molecule has 6 heteroatoms. The number of hydrogen-bond donors (Lipinski definition) is 2. The third kappa shape index (κ3) is 5.47. The van der Waals surface area contributed by atoms with Crippen LogP contribution in [0.15, 0.2) is 29.2 Å². The van der Waals surface area contributed by atoms with Crippen LogP contribution in [-0.4, -0.2) is 25.0 Å². The maximum atomic E-state index is 12.4. The SMILES string of the molecule is CC(C)(C)CC(C)(C)NS(=O)(=O)c1cccc(C(=O)O)c1. The zero-order valence-electron chi connectivity index (χ0n) is 13.1. The molecule has 5 nitrogen and oxygen atoms in total. The van der Waals surface area contributed by atoms with Gasteiger partial charge in [-0.3, -0.25) is 0 Å². The number of carbonyl (C=O) groups is 1. The van der Waals surface area contributed by atoms with E-state index in [2.05, 4.69) is 4.72 Å². The number of benzene rings is 1. The Morgan fingerprint density at radius 1 is 1.19 bits per heavy atom. The molecule has 0 amide bonds. The van der Waals surface area contributed by atoms with Gasteiger partial charge in [0.1, 0.15) is 0 Å². The van der Waals surface area contributed by atoms with Gasteiger partial charge in [-0.15, -0.1) is 0 Å². The second-order valence-corrected chi connectivity index (χ2v) is 8.74. The van der Waals surface area contributed by atoms with Crippen LogP contribution >= 0.6 is 0 Å². The number of carboxylic acids is 1. The highest BCUT2D eigenvalue weighted by Crippen LogP contribution is 2.28. The summed E-state index contributed by atoms with van der Waals surface area (Å²) in [6.07, 6.45) is 0.651. The molecule has 2 N–H and O–H groups in total. The van der Waals surface area contributed by atoms with Gasteiger partial charge in [-0.05, 0) is 43.9 Å². The second kappa shape index (κ2) is 5.77. The van der Waals surface area contributed by atoms with Crippen molar-refractivity contribution in [1.82, 2.24) is 4.72 Å². The molecule has 1 rings (SSSR count). The molecule has 1 aromatic rings. The van der Waals surface area contributed by atoms with E-state index in [1.165, 1.54) is 18.2 Å². The molecule has 0 aromatic heterocycles. The van der Waals surface area contributed by atoms with Crippen molar-refractivity contribution in [1.29, 1.82) is 0 Å². The molecule has 0 atom stereocenters. The van der Waals surface area contributed by atoms with Crippen LogP contribution < -0.4 is 4.72 Å². The van der Waals surface area contributed by atoms with Gasteiger partial charge in [0.15, 0.2) is 0 Å². The standard InChI is InChI=1S/C15H23NO4S/c1-14(2,3)10-15(4,5)16-21(19,20)12-8-6-7-11(9-12)13(17)18/h6-9,16H,10H2,1-5H3,(H,17,18). The predicted molar refractivity (Wildman–Crippen MR) is 81.9 cm³/mol. The lowest BCUT2D eigenvalue weighted by Crippen LogP contribution is -2.45. The van der Waals surface area contributed by atoms with E-state index < -0.39 is 21.5 Å². The highest BCUT2D eigenvalue weighted by molar-refractivity contribution is 7.89. The number of aromatic carboxylic acids is 1. The minimum atomic E-state index is -3.76. The van der Waals surface area contributed by atoms with Gasteiger partial charge < -0.3 is 5.11 Å². The monoisotopic (exact) mass is 313 g/mol. The van der Waals surface area contributed by atoms with Crippen molar-refractivity contribution < 1.29 is 18.3 Å². The van der Waals surface area contributed by atoms with Gasteiger partial charge in [-0.2, -0.15) is 0 Å². The first-order valence-electron chi connectivity index (χ1n) is 6.70. The molecule has 1 aromatic carbocycles. The normalized spacial score (nSPS) is 13.2. The number of nitrogens with one attached hydrogen (secondary N) is 1. The van der Waals surface area contributed by atoms with Crippen LogP contribution in [0.2, 0.25) is 0 Å². The van der Waals surface area contributed by atoms with E-state index in [0.717, 1.165) is 6.07 Å². The highest BCUT2D eigenvalue weighted by atomic mass is 32.2. The number of hydrogen-bond acceptors (Lipinski definition) is 3. The maximum absolute atomic E-state index is 12.4. The molecule has 0 unspecified atom stereocenters. The first-order valence-corrected chi connectivity index (χ1v) is 8.18. The molecule has 0 aliphatic rings. The summed E-state index contributed by atoms with van der Waals surface area (Å²) in [6, 6.07) is 5.34. The summed E-state index contributed by atoms with van der Waals surface area (Å²) in [6.45, 7) is 9.74. The quantitative estimate of drug-likeness (QED) is 0.875. The minimum absolute atomic E-state index is 0.0328. The smallest absolute Gasteiger partial charge is 0.335 e. The highest BCUT2D eigenvalue weighted by Gasteiger charge is 2.30. The summed E-state index contributed by atoms with van der Waals surface area (Å²) in [7, 11) is -3.76. The van der Waals surface area contributed by atoms with E-state index in [-0.39, 0.29) is 15.9 Å². The Kier molecular flexibility index (Phi) is 4.85. The van der Waals surface area contributed by atoms with E-state index in [9.17, 15) is 13.2 Å². The third-order valence-corrected chi connectivity index (χ3v) is 4.47. The average Bonchev–Trinajstić information content (AvgIpc) is 2.24. The van der Waals surface area contributed by atoms with Gasteiger partial charge in [0.2, 0.25) is 10.0 Å². The maximum Gasteiger partial charge on any atom is 0.335 e. The zero-order valence-corrected chi connectivity index (χ0v) is 13.9. The van der Waals surface area contributed by atoms with Crippen molar-refractivity contribution in [3.63, 3.8) is 0 Å². The van der Waals surface area contributed by atoms with Gasteiger partial charge in [-0.25, -0.2) is 17.9 Å². The van der Waals surface area contributed by atoms with Crippen LogP contribution in [0.5, 0.6) is 0 Å². The fraction of sp³-hybridized carbons (Fsp3) is 0.533. The van der Waals surface area contributed by atoms with Crippen LogP contribution in [0.1, 0.15) is 51.4 Å². The number of rotatable bonds is 5. The molecule has 118 valence electrons. The van der Waals surface area contributed by atoms with Gasteiger partial charge in [-0.1, -0.05) is 26.8 Å². The fourth-order valence-corrected chi connectivity index (χ4v) is 4.04.